The zero-order valence-corrected chi connectivity index (χ0v) is 11.9. The summed E-state index contributed by atoms with van der Waals surface area (Å²) in [5.41, 5.74) is 0. The van der Waals surface area contributed by atoms with Crippen LogP contribution in [0.2, 0.25) is 0 Å². The third kappa shape index (κ3) is 3.00. The molecule has 0 amide bonds. The molecule has 2 heterocycles. The Morgan fingerprint density at radius 2 is 2.32 bits per heavy atom. The number of imidazole rings is 1. The normalized spacial score (nSPS) is 31.1. The second-order valence-electron chi connectivity index (χ2n) is 6.06. The minimum absolute atomic E-state index is 0.718. The monoisotopic (exact) mass is 262 g/mol. The van der Waals surface area contributed by atoms with Crippen LogP contribution >= 0.6 is 0 Å². The van der Waals surface area contributed by atoms with E-state index in [0.717, 1.165) is 31.0 Å². The maximum Gasteiger partial charge on any atom is 0.109 e. The molecule has 4 nitrogen and oxygen atoms in total. The number of hydrogen-bond donors (Lipinski definition) is 2. The van der Waals surface area contributed by atoms with E-state index < -0.39 is 0 Å². The Bertz CT molecular complexity index is 395. The van der Waals surface area contributed by atoms with Crippen molar-refractivity contribution in [1.29, 1.82) is 0 Å². The van der Waals surface area contributed by atoms with Crippen LogP contribution < -0.4 is 10.6 Å². The van der Waals surface area contributed by atoms with Crippen LogP contribution in [0.5, 0.6) is 0 Å². The van der Waals surface area contributed by atoms with Gasteiger partial charge in [0.15, 0.2) is 0 Å². The zero-order valence-electron chi connectivity index (χ0n) is 11.9. The highest BCUT2D eigenvalue weighted by molar-refractivity contribution is 4.95. The van der Waals surface area contributed by atoms with Crippen LogP contribution in [0.4, 0.5) is 0 Å². The van der Waals surface area contributed by atoms with Gasteiger partial charge in [-0.1, -0.05) is 6.42 Å². The number of hydrogen-bond acceptors (Lipinski definition) is 3. The molecule has 19 heavy (non-hydrogen) atoms. The smallest absolute Gasteiger partial charge is 0.109 e. The van der Waals surface area contributed by atoms with Crippen molar-refractivity contribution in [3.05, 3.63) is 18.2 Å². The number of nitrogens with zero attached hydrogens (tertiary/aromatic N) is 2. The SMILES string of the molecule is Cn1ccnc1CCNC1CCCC1C1CCCN1. The van der Waals surface area contributed by atoms with Gasteiger partial charge in [-0.2, -0.15) is 0 Å². The van der Waals surface area contributed by atoms with Gasteiger partial charge in [-0.25, -0.2) is 4.98 Å². The van der Waals surface area contributed by atoms with E-state index in [-0.39, 0.29) is 0 Å². The standard InChI is InChI=1S/C15H26N4/c1-19-11-10-18-15(19)7-9-17-13-5-2-4-12(13)14-6-3-8-16-14/h10-14,16-17H,2-9H2,1H3. The summed E-state index contributed by atoms with van der Waals surface area (Å²) < 4.78 is 2.12. The van der Waals surface area contributed by atoms with Crippen molar-refractivity contribution >= 4 is 0 Å². The Balaban J connectivity index is 1.47. The third-order valence-corrected chi connectivity index (χ3v) is 4.86. The zero-order chi connectivity index (χ0) is 13.1. The van der Waals surface area contributed by atoms with Crippen molar-refractivity contribution in [2.45, 2.75) is 50.6 Å². The van der Waals surface area contributed by atoms with Gasteiger partial charge in [0.05, 0.1) is 0 Å². The Morgan fingerprint density at radius 3 is 3.05 bits per heavy atom. The molecule has 1 aromatic rings. The Labute approximate surface area is 116 Å². The van der Waals surface area contributed by atoms with E-state index >= 15 is 0 Å². The molecular formula is C15H26N4. The van der Waals surface area contributed by atoms with Gasteiger partial charge < -0.3 is 15.2 Å². The van der Waals surface area contributed by atoms with Crippen molar-refractivity contribution in [3.8, 4) is 0 Å². The van der Waals surface area contributed by atoms with E-state index in [2.05, 4.69) is 27.2 Å². The molecule has 1 aliphatic carbocycles. The topological polar surface area (TPSA) is 41.9 Å². The first-order valence-corrected chi connectivity index (χ1v) is 7.77. The number of rotatable bonds is 5. The summed E-state index contributed by atoms with van der Waals surface area (Å²) in [5, 5.41) is 7.47. The van der Waals surface area contributed by atoms with Crippen LogP contribution in [0, 0.1) is 5.92 Å². The van der Waals surface area contributed by atoms with Crippen LogP contribution in [-0.4, -0.2) is 34.7 Å². The lowest BCUT2D eigenvalue weighted by Gasteiger charge is -2.26. The van der Waals surface area contributed by atoms with Crippen LogP contribution in [0.15, 0.2) is 12.4 Å². The maximum atomic E-state index is 4.39. The third-order valence-electron chi connectivity index (χ3n) is 4.86. The minimum atomic E-state index is 0.718. The minimum Gasteiger partial charge on any atom is -0.338 e. The quantitative estimate of drug-likeness (QED) is 0.844. The van der Waals surface area contributed by atoms with E-state index in [0.29, 0.717) is 0 Å². The maximum absolute atomic E-state index is 4.39. The Morgan fingerprint density at radius 1 is 1.37 bits per heavy atom. The van der Waals surface area contributed by atoms with Gasteiger partial charge in [0, 0.05) is 44.5 Å². The first-order chi connectivity index (χ1) is 9.34. The number of nitrogens with one attached hydrogen (secondary N) is 2. The van der Waals surface area contributed by atoms with E-state index in [1.807, 2.05) is 12.4 Å². The van der Waals surface area contributed by atoms with Crippen LogP contribution in [0.25, 0.3) is 0 Å². The first kappa shape index (κ1) is 13.1. The lowest BCUT2D eigenvalue weighted by Crippen LogP contribution is -2.42. The summed E-state index contributed by atoms with van der Waals surface area (Å²) in [4.78, 5) is 4.39. The average molecular weight is 262 g/mol. The summed E-state index contributed by atoms with van der Waals surface area (Å²) in [6.07, 6.45) is 11.8. The van der Waals surface area contributed by atoms with Gasteiger partial charge in [-0.3, -0.25) is 0 Å². The molecule has 0 aromatic carbocycles. The molecule has 1 aromatic heterocycles. The molecule has 3 unspecified atom stereocenters. The molecule has 1 saturated heterocycles. The lowest BCUT2D eigenvalue weighted by molar-refractivity contribution is 0.321. The number of aromatic nitrogens is 2. The van der Waals surface area contributed by atoms with Crippen LogP contribution in [-0.2, 0) is 13.5 Å². The molecule has 2 aliphatic rings. The highest BCUT2D eigenvalue weighted by atomic mass is 15.0. The highest BCUT2D eigenvalue weighted by Crippen LogP contribution is 2.31. The molecule has 1 saturated carbocycles. The largest absolute Gasteiger partial charge is 0.338 e. The lowest BCUT2D eigenvalue weighted by atomic mass is 9.93. The molecule has 1 aliphatic heterocycles. The molecular weight excluding hydrogens is 236 g/mol. The van der Waals surface area contributed by atoms with E-state index in [1.54, 1.807) is 0 Å². The summed E-state index contributed by atoms with van der Waals surface area (Å²) in [7, 11) is 2.07. The van der Waals surface area contributed by atoms with Crippen molar-refractivity contribution in [2.24, 2.45) is 13.0 Å². The van der Waals surface area contributed by atoms with Crippen molar-refractivity contribution in [2.75, 3.05) is 13.1 Å². The summed E-state index contributed by atoms with van der Waals surface area (Å²) in [5.74, 6) is 2.03. The van der Waals surface area contributed by atoms with Gasteiger partial charge in [-0.05, 0) is 38.1 Å². The van der Waals surface area contributed by atoms with Crippen molar-refractivity contribution in [3.63, 3.8) is 0 Å². The van der Waals surface area contributed by atoms with E-state index in [1.165, 1.54) is 44.5 Å². The Hall–Kier alpha value is -0.870. The summed E-state index contributed by atoms with van der Waals surface area (Å²) in [6, 6.07) is 1.49. The second kappa shape index (κ2) is 6.06. The molecule has 0 radical (unpaired) electrons. The fourth-order valence-electron chi connectivity index (χ4n) is 3.81. The predicted octanol–water partition coefficient (Wildman–Crippen LogP) is 1.47. The van der Waals surface area contributed by atoms with Crippen molar-refractivity contribution in [1.82, 2.24) is 20.2 Å². The van der Waals surface area contributed by atoms with E-state index in [4.69, 9.17) is 0 Å². The average Bonchev–Trinajstić information content (AvgIpc) is 3.11. The van der Waals surface area contributed by atoms with E-state index in [9.17, 15) is 0 Å². The molecule has 106 valence electrons. The van der Waals surface area contributed by atoms with Crippen molar-refractivity contribution < 1.29 is 0 Å². The summed E-state index contributed by atoms with van der Waals surface area (Å²) >= 11 is 0. The van der Waals surface area contributed by atoms with Gasteiger partial charge >= 0.3 is 0 Å². The fourth-order valence-corrected chi connectivity index (χ4v) is 3.81. The number of aryl methyl sites for hydroxylation is 1. The Kier molecular flexibility index (Phi) is 4.18. The fraction of sp³-hybridized carbons (Fsp3) is 0.800. The van der Waals surface area contributed by atoms with Gasteiger partial charge in [0.25, 0.3) is 0 Å². The van der Waals surface area contributed by atoms with Gasteiger partial charge in [0.1, 0.15) is 5.82 Å². The molecule has 3 atom stereocenters. The summed E-state index contributed by atoms with van der Waals surface area (Å²) in [6.45, 7) is 2.28. The molecule has 4 heteroatoms. The molecule has 3 rings (SSSR count). The molecule has 2 N–H and O–H groups in total. The first-order valence-electron chi connectivity index (χ1n) is 7.77. The molecule has 0 bridgehead atoms. The van der Waals surface area contributed by atoms with Crippen LogP contribution in [0.3, 0.4) is 0 Å². The predicted molar refractivity (Wildman–Crippen MR) is 77.1 cm³/mol. The van der Waals surface area contributed by atoms with Gasteiger partial charge in [0.2, 0.25) is 0 Å². The van der Waals surface area contributed by atoms with Crippen LogP contribution in [0.1, 0.15) is 37.9 Å². The second-order valence-corrected chi connectivity index (χ2v) is 6.06. The highest BCUT2D eigenvalue weighted by Gasteiger charge is 2.34. The van der Waals surface area contributed by atoms with Gasteiger partial charge in [-0.15, -0.1) is 0 Å². The molecule has 2 fully saturated rings. The molecule has 0 spiro atoms.